The quantitative estimate of drug-likeness (QED) is 0.560. The molecule has 23 heavy (non-hydrogen) atoms. The van der Waals surface area contributed by atoms with Gasteiger partial charge in [0.1, 0.15) is 0 Å². The topological polar surface area (TPSA) is 34.1 Å². The third-order valence-corrected chi connectivity index (χ3v) is 5.98. The molecule has 0 atom stereocenters. The Hall–Kier alpha value is -1.52. The van der Waals surface area contributed by atoms with Crippen molar-refractivity contribution < 1.29 is 9.59 Å². The number of carbonyl (C=O) groups is 2. The summed E-state index contributed by atoms with van der Waals surface area (Å²) in [6.45, 7) is 7.93. The van der Waals surface area contributed by atoms with Gasteiger partial charge in [0, 0.05) is 9.79 Å². The minimum Gasteiger partial charge on any atom is -0.286 e. The lowest BCUT2D eigenvalue weighted by Gasteiger charge is -2.09. The van der Waals surface area contributed by atoms with Crippen molar-refractivity contribution in [1.29, 1.82) is 0 Å². The number of rotatable bonds is 4. The van der Waals surface area contributed by atoms with Crippen LogP contribution in [0.5, 0.6) is 0 Å². The third kappa shape index (κ3) is 4.72. The van der Waals surface area contributed by atoms with E-state index in [9.17, 15) is 9.59 Å². The van der Waals surface area contributed by atoms with Crippen LogP contribution in [0.4, 0.5) is 0 Å². The maximum atomic E-state index is 12.2. The first-order chi connectivity index (χ1) is 10.9. The molecular formula is C19H20O2S2. The highest BCUT2D eigenvalue weighted by atomic mass is 32.2. The maximum absolute atomic E-state index is 12.2. The fraction of sp³-hybridized carbons (Fsp3) is 0.263. The Labute approximate surface area is 146 Å². The van der Waals surface area contributed by atoms with Gasteiger partial charge in [0.15, 0.2) is 0 Å². The Morgan fingerprint density at radius 1 is 0.696 bits per heavy atom. The van der Waals surface area contributed by atoms with Crippen LogP contribution in [0.25, 0.3) is 0 Å². The van der Waals surface area contributed by atoms with Gasteiger partial charge in [-0.15, -0.1) is 0 Å². The van der Waals surface area contributed by atoms with E-state index in [-0.39, 0.29) is 16.7 Å². The van der Waals surface area contributed by atoms with Crippen LogP contribution >= 0.6 is 23.5 Å². The SMILES string of the molecule is Cc1cccc(C)c1SC(=O)CC(=O)Sc1c(C)cccc1C. The van der Waals surface area contributed by atoms with E-state index in [0.717, 1.165) is 32.0 Å². The van der Waals surface area contributed by atoms with Crippen molar-refractivity contribution >= 4 is 33.8 Å². The average Bonchev–Trinajstić information content (AvgIpc) is 2.47. The molecule has 2 nitrogen and oxygen atoms in total. The Morgan fingerprint density at radius 2 is 1.00 bits per heavy atom. The summed E-state index contributed by atoms with van der Waals surface area (Å²) in [5.41, 5.74) is 4.27. The van der Waals surface area contributed by atoms with Gasteiger partial charge in [0.2, 0.25) is 10.2 Å². The Morgan fingerprint density at radius 3 is 1.30 bits per heavy atom. The van der Waals surface area contributed by atoms with Gasteiger partial charge in [-0.05, 0) is 49.9 Å². The Bertz CT molecular complexity index is 647. The van der Waals surface area contributed by atoms with Crippen molar-refractivity contribution in [2.24, 2.45) is 0 Å². The number of hydrogen-bond acceptors (Lipinski definition) is 4. The molecule has 0 aliphatic heterocycles. The average molecular weight is 345 g/mol. The summed E-state index contributed by atoms with van der Waals surface area (Å²) in [5, 5.41) is -0.211. The number of carbonyl (C=O) groups excluding carboxylic acids is 2. The predicted molar refractivity (Wildman–Crippen MR) is 98.2 cm³/mol. The first-order valence-electron chi connectivity index (χ1n) is 7.42. The second-order valence-corrected chi connectivity index (χ2v) is 7.70. The zero-order chi connectivity index (χ0) is 17.0. The first-order valence-corrected chi connectivity index (χ1v) is 9.05. The number of benzene rings is 2. The van der Waals surface area contributed by atoms with Crippen LogP contribution in [0.15, 0.2) is 46.2 Å². The number of thioether (sulfide) groups is 2. The highest BCUT2D eigenvalue weighted by Crippen LogP contribution is 2.31. The van der Waals surface area contributed by atoms with Crippen LogP contribution in [0.1, 0.15) is 28.7 Å². The normalized spacial score (nSPS) is 10.6. The van der Waals surface area contributed by atoms with E-state index >= 15 is 0 Å². The van der Waals surface area contributed by atoms with Crippen LogP contribution in [0.2, 0.25) is 0 Å². The molecule has 0 aliphatic carbocycles. The van der Waals surface area contributed by atoms with Crippen molar-refractivity contribution in [1.82, 2.24) is 0 Å². The monoisotopic (exact) mass is 344 g/mol. The largest absolute Gasteiger partial charge is 0.286 e. The van der Waals surface area contributed by atoms with E-state index in [1.54, 1.807) is 0 Å². The van der Waals surface area contributed by atoms with Gasteiger partial charge in [0.25, 0.3) is 0 Å². The molecule has 0 bridgehead atoms. The molecule has 0 heterocycles. The first kappa shape index (κ1) is 17.8. The van der Waals surface area contributed by atoms with Gasteiger partial charge in [-0.1, -0.05) is 59.9 Å². The van der Waals surface area contributed by atoms with Crippen LogP contribution in [-0.4, -0.2) is 10.2 Å². The summed E-state index contributed by atoms with van der Waals surface area (Å²) in [7, 11) is 0. The van der Waals surface area contributed by atoms with Crippen molar-refractivity contribution in [3.05, 3.63) is 58.7 Å². The molecule has 0 N–H and O–H groups in total. The lowest BCUT2D eigenvalue weighted by Crippen LogP contribution is -2.02. The van der Waals surface area contributed by atoms with Gasteiger partial charge in [-0.3, -0.25) is 9.59 Å². The smallest absolute Gasteiger partial charge is 0.202 e. The summed E-state index contributed by atoms with van der Waals surface area (Å²) in [4.78, 5) is 26.4. The molecule has 0 radical (unpaired) electrons. The van der Waals surface area contributed by atoms with E-state index < -0.39 is 0 Å². The van der Waals surface area contributed by atoms with Crippen molar-refractivity contribution in [3.8, 4) is 0 Å². The molecule has 0 aliphatic rings. The zero-order valence-electron chi connectivity index (χ0n) is 13.8. The summed E-state index contributed by atoms with van der Waals surface area (Å²) in [5.74, 6) is 0. The lowest BCUT2D eigenvalue weighted by molar-refractivity contribution is -0.117. The lowest BCUT2D eigenvalue weighted by atomic mass is 10.2. The molecule has 0 amide bonds. The Balaban J connectivity index is 2.02. The summed E-state index contributed by atoms with van der Waals surface area (Å²) in [6, 6.07) is 11.9. The molecular weight excluding hydrogens is 324 g/mol. The van der Waals surface area contributed by atoms with Gasteiger partial charge in [-0.25, -0.2) is 0 Å². The van der Waals surface area contributed by atoms with E-state index in [1.165, 1.54) is 23.5 Å². The molecule has 0 saturated heterocycles. The fourth-order valence-corrected chi connectivity index (χ4v) is 4.21. The third-order valence-electron chi connectivity index (χ3n) is 3.54. The minimum atomic E-state index is -0.105. The van der Waals surface area contributed by atoms with E-state index in [1.807, 2.05) is 64.1 Å². The maximum Gasteiger partial charge on any atom is 0.202 e. The zero-order valence-corrected chi connectivity index (χ0v) is 15.4. The van der Waals surface area contributed by atoms with Gasteiger partial charge in [0.05, 0.1) is 6.42 Å². The highest BCUT2D eigenvalue weighted by molar-refractivity contribution is 8.15. The molecule has 4 heteroatoms. The van der Waals surface area contributed by atoms with E-state index in [0.29, 0.717) is 0 Å². The molecule has 0 unspecified atom stereocenters. The van der Waals surface area contributed by atoms with Crippen LogP contribution in [-0.2, 0) is 9.59 Å². The van der Waals surface area contributed by atoms with Crippen LogP contribution in [0.3, 0.4) is 0 Å². The predicted octanol–water partition coefficient (Wildman–Crippen LogP) is 5.25. The standard InChI is InChI=1S/C19H20O2S2/c1-12-7-5-8-13(2)18(12)22-16(20)11-17(21)23-19-14(3)9-6-10-15(19)4/h5-10H,11H2,1-4H3. The van der Waals surface area contributed by atoms with Crippen molar-refractivity contribution in [2.75, 3.05) is 0 Å². The fourth-order valence-electron chi connectivity index (χ4n) is 2.34. The molecule has 2 rings (SSSR count). The van der Waals surface area contributed by atoms with Crippen molar-refractivity contribution in [3.63, 3.8) is 0 Å². The van der Waals surface area contributed by atoms with Crippen LogP contribution < -0.4 is 0 Å². The summed E-state index contributed by atoms with van der Waals surface area (Å²) < 4.78 is 0. The van der Waals surface area contributed by atoms with Gasteiger partial charge >= 0.3 is 0 Å². The van der Waals surface area contributed by atoms with Gasteiger partial charge in [-0.2, -0.15) is 0 Å². The second-order valence-electron chi connectivity index (χ2n) is 5.57. The summed E-state index contributed by atoms with van der Waals surface area (Å²) in [6.07, 6.45) is -0.0586. The number of hydrogen-bond donors (Lipinski definition) is 0. The molecule has 2 aromatic rings. The van der Waals surface area contributed by atoms with Gasteiger partial charge < -0.3 is 0 Å². The van der Waals surface area contributed by atoms with E-state index in [2.05, 4.69) is 0 Å². The molecule has 0 aromatic heterocycles. The minimum absolute atomic E-state index is 0.0586. The summed E-state index contributed by atoms with van der Waals surface area (Å²) >= 11 is 2.34. The molecule has 0 saturated carbocycles. The molecule has 0 fully saturated rings. The molecule has 0 spiro atoms. The van der Waals surface area contributed by atoms with E-state index in [4.69, 9.17) is 0 Å². The second kappa shape index (κ2) is 7.84. The highest BCUT2D eigenvalue weighted by Gasteiger charge is 2.16. The van der Waals surface area contributed by atoms with Crippen LogP contribution in [0, 0.1) is 27.7 Å². The molecule has 2 aromatic carbocycles. The number of aryl methyl sites for hydroxylation is 4. The van der Waals surface area contributed by atoms with Crippen molar-refractivity contribution in [2.45, 2.75) is 43.9 Å². The Kier molecular flexibility index (Phi) is 6.08. The molecule has 120 valence electrons.